The number of amides is 2. The summed E-state index contributed by atoms with van der Waals surface area (Å²) in [6.45, 7) is 8.69. The molecule has 0 atom stereocenters. The fourth-order valence-electron chi connectivity index (χ4n) is 4.19. The van der Waals surface area contributed by atoms with Crippen LogP contribution in [0.2, 0.25) is 0 Å². The molecule has 9 heteroatoms. The number of ether oxygens (including phenoxy) is 2. The van der Waals surface area contributed by atoms with Crippen molar-refractivity contribution in [3.8, 4) is 11.5 Å². The van der Waals surface area contributed by atoms with Gasteiger partial charge in [0.1, 0.15) is 22.6 Å². The standard InChI is InChI=1S/C26H30N4O5/c1-15-19(24(31)28-13-26(3,4)14-33-6)12-30-23(15)20(9-10-29-30)35-17-7-8-18-21(11-17)34-16(2)22(18)25(32)27-5/h7-12H,13-14H2,1-6H3,(H,27,32)(H,28,31). The van der Waals surface area contributed by atoms with Crippen LogP contribution in [-0.4, -0.2) is 48.7 Å². The molecule has 4 aromatic rings. The smallest absolute Gasteiger partial charge is 0.255 e. The van der Waals surface area contributed by atoms with E-state index in [1.165, 1.54) is 0 Å². The molecule has 0 aliphatic carbocycles. The minimum Gasteiger partial charge on any atom is -0.460 e. The van der Waals surface area contributed by atoms with Gasteiger partial charge in [0.25, 0.3) is 11.8 Å². The number of hydrogen-bond donors (Lipinski definition) is 2. The monoisotopic (exact) mass is 478 g/mol. The van der Waals surface area contributed by atoms with Crippen molar-refractivity contribution in [2.75, 3.05) is 27.3 Å². The van der Waals surface area contributed by atoms with E-state index in [0.717, 1.165) is 5.56 Å². The molecule has 0 aliphatic heterocycles. The van der Waals surface area contributed by atoms with Gasteiger partial charge in [-0.05, 0) is 31.5 Å². The van der Waals surface area contributed by atoms with E-state index in [1.807, 2.05) is 20.8 Å². The van der Waals surface area contributed by atoms with Crippen LogP contribution in [0, 0.1) is 19.3 Å². The molecule has 0 radical (unpaired) electrons. The lowest BCUT2D eigenvalue weighted by molar-refractivity contribution is 0.0846. The van der Waals surface area contributed by atoms with Gasteiger partial charge < -0.3 is 24.5 Å². The summed E-state index contributed by atoms with van der Waals surface area (Å²) in [5.41, 5.74) is 2.84. The van der Waals surface area contributed by atoms with Gasteiger partial charge in [-0.3, -0.25) is 9.59 Å². The summed E-state index contributed by atoms with van der Waals surface area (Å²) in [6.07, 6.45) is 3.31. The third-order valence-corrected chi connectivity index (χ3v) is 5.92. The molecule has 3 heterocycles. The molecule has 0 fully saturated rings. The molecule has 4 rings (SSSR count). The van der Waals surface area contributed by atoms with Gasteiger partial charge in [0.2, 0.25) is 0 Å². The summed E-state index contributed by atoms with van der Waals surface area (Å²) < 4.78 is 18.9. The average Bonchev–Trinajstić information content (AvgIpc) is 3.33. The molecule has 1 aromatic carbocycles. The van der Waals surface area contributed by atoms with Crippen LogP contribution in [0.1, 0.15) is 45.9 Å². The number of nitrogens with zero attached hydrogens (tertiary/aromatic N) is 2. The Morgan fingerprint density at radius 3 is 2.66 bits per heavy atom. The van der Waals surface area contributed by atoms with Crippen molar-refractivity contribution >= 4 is 28.3 Å². The van der Waals surface area contributed by atoms with Gasteiger partial charge in [-0.25, -0.2) is 4.52 Å². The molecule has 9 nitrogen and oxygen atoms in total. The van der Waals surface area contributed by atoms with Gasteiger partial charge in [0.15, 0.2) is 5.75 Å². The first kappa shape index (κ1) is 24.3. The van der Waals surface area contributed by atoms with Gasteiger partial charge in [-0.1, -0.05) is 13.8 Å². The van der Waals surface area contributed by atoms with Gasteiger partial charge in [-0.2, -0.15) is 5.10 Å². The first-order valence-corrected chi connectivity index (χ1v) is 11.3. The van der Waals surface area contributed by atoms with Crippen LogP contribution in [0.25, 0.3) is 16.5 Å². The van der Waals surface area contributed by atoms with Gasteiger partial charge in [-0.15, -0.1) is 0 Å². The summed E-state index contributed by atoms with van der Waals surface area (Å²) in [5.74, 6) is 1.24. The normalized spacial score (nSPS) is 11.7. The van der Waals surface area contributed by atoms with Gasteiger partial charge >= 0.3 is 0 Å². The molecule has 3 aromatic heterocycles. The first-order valence-electron chi connectivity index (χ1n) is 11.3. The molecular formula is C26H30N4O5. The first-order chi connectivity index (χ1) is 16.6. The Morgan fingerprint density at radius 1 is 1.17 bits per heavy atom. The van der Waals surface area contributed by atoms with Crippen molar-refractivity contribution in [1.82, 2.24) is 20.2 Å². The van der Waals surface area contributed by atoms with Crippen LogP contribution in [0.15, 0.2) is 41.1 Å². The summed E-state index contributed by atoms with van der Waals surface area (Å²) in [6, 6.07) is 7.08. The van der Waals surface area contributed by atoms with E-state index in [2.05, 4.69) is 15.7 Å². The molecule has 0 saturated carbocycles. The maximum atomic E-state index is 12.9. The van der Waals surface area contributed by atoms with Crippen molar-refractivity contribution in [3.63, 3.8) is 0 Å². The lowest BCUT2D eigenvalue weighted by Gasteiger charge is -2.23. The number of nitrogens with one attached hydrogen (secondary N) is 2. The van der Waals surface area contributed by atoms with Crippen LogP contribution in [0.5, 0.6) is 11.5 Å². The quantitative estimate of drug-likeness (QED) is 0.392. The average molecular weight is 479 g/mol. The van der Waals surface area contributed by atoms with Gasteiger partial charge in [0.05, 0.1) is 23.9 Å². The number of aromatic nitrogens is 2. The number of carbonyl (C=O) groups is 2. The Labute approximate surface area is 203 Å². The summed E-state index contributed by atoms with van der Waals surface area (Å²) >= 11 is 0. The minimum absolute atomic E-state index is 0.183. The molecule has 2 amide bonds. The molecule has 0 saturated heterocycles. The van der Waals surface area contributed by atoms with Gasteiger partial charge in [0, 0.05) is 49.8 Å². The second-order valence-corrected chi connectivity index (χ2v) is 9.31. The topological polar surface area (TPSA) is 107 Å². The molecule has 184 valence electrons. The van der Waals surface area contributed by atoms with Crippen LogP contribution in [0.4, 0.5) is 0 Å². The van der Waals surface area contributed by atoms with Crippen molar-refractivity contribution in [2.45, 2.75) is 27.7 Å². The Morgan fingerprint density at radius 2 is 1.94 bits per heavy atom. The fraction of sp³-hybridized carbons (Fsp3) is 0.346. The maximum absolute atomic E-state index is 12.9. The lowest BCUT2D eigenvalue weighted by atomic mass is 9.95. The van der Waals surface area contributed by atoms with E-state index < -0.39 is 0 Å². The highest BCUT2D eigenvalue weighted by Gasteiger charge is 2.23. The number of carbonyl (C=O) groups excluding carboxylic acids is 2. The number of furan rings is 1. The van der Waals surface area contributed by atoms with Crippen LogP contribution in [-0.2, 0) is 4.74 Å². The Kier molecular flexibility index (Phi) is 6.53. The second kappa shape index (κ2) is 9.42. The van der Waals surface area contributed by atoms with Crippen molar-refractivity contribution in [1.29, 1.82) is 0 Å². The van der Waals surface area contributed by atoms with E-state index in [9.17, 15) is 9.59 Å². The predicted octanol–water partition coefficient (Wildman–Crippen LogP) is 4.25. The van der Waals surface area contributed by atoms with Crippen LogP contribution in [0.3, 0.4) is 0 Å². The molecule has 35 heavy (non-hydrogen) atoms. The number of benzene rings is 1. The van der Waals surface area contributed by atoms with Crippen LogP contribution < -0.4 is 15.4 Å². The number of aryl methyl sites for hydroxylation is 2. The number of rotatable bonds is 8. The highest BCUT2D eigenvalue weighted by Crippen LogP contribution is 2.34. The van der Waals surface area contributed by atoms with E-state index in [0.29, 0.717) is 58.0 Å². The van der Waals surface area contributed by atoms with Crippen molar-refractivity contribution < 1.29 is 23.5 Å². The molecule has 0 unspecified atom stereocenters. The predicted molar refractivity (Wildman–Crippen MR) is 132 cm³/mol. The fourth-order valence-corrected chi connectivity index (χ4v) is 4.19. The zero-order valence-corrected chi connectivity index (χ0v) is 20.8. The highest BCUT2D eigenvalue weighted by atomic mass is 16.5. The second-order valence-electron chi connectivity index (χ2n) is 9.31. The third-order valence-electron chi connectivity index (χ3n) is 5.92. The molecule has 0 bridgehead atoms. The number of methoxy groups -OCH3 is 1. The highest BCUT2D eigenvalue weighted by molar-refractivity contribution is 6.07. The molecule has 2 N–H and O–H groups in total. The van der Waals surface area contributed by atoms with Crippen molar-refractivity contribution in [2.24, 2.45) is 5.41 Å². The third kappa shape index (κ3) is 4.72. The van der Waals surface area contributed by atoms with Crippen LogP contribution >= 0.6 is 0 Å². The zero-order chi connectivity index (χ0) is 25.3. The van der Waals surface area contributed by atoms with E-state index in [4.69, 9.17) is 13.9 Å². The zero-order valence-electron chi connectivity index (χ0n) is 20.8. The summed E-state index contributed by atoms with van der Waals surface area (Å²) in [7, 11) is 3.23. The van der Waals surface area contributed by atoms with E-state index in [-0.39, 0.29) is 17.2 Å². The minimum atomic E-state index is -0.203. The lowest BCUT2D eigenvalue weighted by Crippen LogP contribution is -2.36. The van der Waals surface area contributed by atoms with E-state index in [1.54, 1.807) is 62.3 Å². The van der Waals surface area contributed by atoms with E-state index >= 15 is 0 Å². The Bertz CT molecular complexity index is 1420. The molecule has 0 aliphatic rings. The Hall–Kier alpha value is -3.85. The SMILES string of the molecule is CNC(=O)c1c(C)oc2cc(Oc3ccnn4cc(C(=O)NCC(C)(C)COC)c(C)c34)ccc12. The number of fused-ring (bicyclic) bond motifs is 2. The summed E-state index contributed by atoms with van der Waals surface area (Å²) in [5, 5.41) is 10.7. The molecular weight excluding hydrogens is 448 g/mol. The maximum Gasteiger partial charge on any atom is 0.255 e. The van der Waals surface area contributed by atoms with Crippen molar-refractivity contribution in [3.05, 3.63) is 59.1 Å². The Balaban J connectivity index is 1.63. The molecule has 0 spiro atoms. The largest absolute Gasteiger partial charge is 0.460 e. The number of hydrogen-bond acceptors (Lipinski definition) is 6. The summed E-state index contributed by atoms with van der Waals surface area (Å²) in [4.78, 5) is 25.1.